The molecule has 20 heavy (non-hydrogen) atoms. The minimum Gasteiger partial charge on any atom is -0.311 e. The Morgan fingerprint density at radius 3 is 2.90 bits per heavy atom. The molecule has 2 heterocycles. The zero-order valence-electron chi connectivity index (χ0n) is 12.2. The summed E-state index contributed by atoms with van der Waals surface area (Å²) in [6.45, 7) is 6.82. The van der Waals surface area contributed by atoms with E-state index in [2.05, 4.69) is 34.6 Å². The fourth-order valence-electron chi connectivity index (χ4n) is 2.14. The lowest BCUT2D eigenvalue weighted by molar-refractivity contribution is 0.519. The van der Waals surface area contributed by atoms with Gasteiger partial charge in [0.2, 0.25) is 0 Å². The second-order valence-corrected chi connectivity index (χ2v) is 5.86. The summed E-state index contributed by atoms with van der Waals surface area (Å²) >= 11 is 0. The zero-order valence-corrected chi connectivity index (χ0v) is 12.2. The molecule has 1 N–H and O–H groups in total. The second-order valence-electron chi connectivity index (χ2n) is 5.86. The zero-order chi connectivity index (χ0) is 13.9. The summed E-state index contributed by atoms with van der Waals surface area (Å²) in [5.41, 5.74) is 2.01. The Balaban J connectivity index is 1.52. The van der Waals surface area contributed by atoms with Crippen LogP contribution in [0, 0.1) is 5.92 Å². The summed E-state index contributed by atoms with van der Waals surface area (Å²) < 4.78 is 3.81. The van der Waals surface area contributed by atoms with Gasteiger partial charge in [-0.25, -0.2) is 4.68 Å². The predicted octanol–water partition coefficient (Wildman–Crippen LogP) is 1.60. The van der Waals surface area contributed by atoms with Crippen molar-refractivity contribution in [2.45, 2.75) is 45.8 Å². The lowest BCUT2D eigenvalue weighted by Crippen LogP contribution is -2.16. The highest BCUT2D eigenvalue weighted by molar-refractivity contribution is 5.01. The molecular formula is C14H22N6. The maximum atomic E-state index is 4.52. The van der Waals surface area contributed by atoms with Crippen molar-refractivity contribution >= 4 is 0 Å². The molecule has 1 aliphatic rings. The summed E-state index contributed by atoms with van der Waals surface area (Å²) in [6, 6.07) is 2.42. The second kappa shape index (κ2) is 5.75. The Morgan fingerprint density at radius 1 is 1.35 bits per heavy atom. The highest BCUT2D eigenvalue weighted by Crippen LogP contribution is 2.27. The van der Waals surface area contributed by atoms with Crippen LogP contribution in [-0.2, 0) is 13.1 Å². The van der Waals surface area contributed by atoms with Crippen molar-refractivity contribution in [1.82, 2.24) is 30.1 Å². The van der Waals surface area contributed by atoms with E-state index < -0.39 is 0 Å². The topological polar surface area (TPSA) is 60.6 Å². The molecule has 1 fully saturated rings. The maximum Gasteiger partial charge on any atom is 0.0964 e. The molecule has 0 bridgehead atoms. The molecule has 3 rings (SSSR count). The molecule has 0 saturated heterocycles. The van der Waals surface area contributed by atoms with E-state index in [0.29, 0.717) is 12.6 Å². The molecule has 2 aromatic heterocycles. The lowest BCUT2D eigenvalue weighted by Gasteiger charge is -2.03. The average Bonchev–Trinajstić information content (AvgIpc) is 2.94. The van der Waals surface area contributed by atoms with Gasteiger partial charge in [0.15, 0.2) is 0 Å². The number of nitrogens with zero attached hydrogens (tertiary/aromatic N) is 5. The molecule has 2 aromatic rings. The first-order valence-electron chi connectivity index (χ1n) is 7.34. The summed E-state index contributed by atoms with van der Waals surface area (Å²) in [5, 5.41) is 16.3. The summed E-state index contributed by atoms with van der Waals surface area (Å²) in [6.07, 6.45) is 6.75. The van der Waals surface area contributed by atoms with Gasteiger partial charge >= 0.3 is 0 Å². The molecule has 6 nitrogen and oxygen atoms in total. The Morgan fingerprint density at radius 2 is 2.20 bits per heavy atom. The van der Waals surface area contributed by atoms with Gasteiger partial charge in [0.25, 0.3) is 0 Å². The van der Waals surface area contributed by atoms with E-state index in [1.807, 2.05) is 27.8 Å². The Bertz CT molecular complexity index is 552. The standard InChI is InChI=1S/C14H22N6/c1-11(2)20-6-5-13(17-20)9-19-10-14(16-18-19)8-15-7-12-3-4-12/h5-6,10-12,15H,3-4,7-9H2,1-2H3. The Labute approximate surface area is 119 Å². The van der Waals surface area contributed by atoms with E-state index in [-0.39, 0.29) is 0 Å². The van der Waals surface area contributed by atoms with Crippen LogP contribution in [0.15, 0.2) is 18.5 Å². The molecule has 0 aromatic carbocycles. The van der Waals surface area contributed by atoms with Crippen molar-refractivity contribution < 1.29 is 0 Å². The highest BCUT2D eigenvalue weighted by Gasteiger charge is 2.20. The van der Waals surface area contributed by atoms with Gasteiger partial charge in [0.1, 0.15) is 0 Å². The van der Waals surface area contributed by atoms with E-state index in [1.54, 1.807) is 0 Å². The molecule has 6 heteroatoms. The lowest BCUT2D eigenvalue weighted by atomic mass is 10.4. The van der Waals surface area contributed by atoms with Gasteiger partial charge in [-0.05, 0) is 45.2 Å². The van der Waals surface area contributed by atoms with Crippen molar-refractivity contribution in [3.63, 3.8) is 0 Å². The molecule has 1 saturated carbocycles. The third-order valence-electron chi connectivity index (χ3n) is 3.54. The predicted molar refractivity (Wildman–Crippen MR) is 76.2 cm³/mol. The SMILES string of the molecule is CC(C)n1ccc(Cn2cc(CNCC3CC3)nn2)n1. The quantitative estimate of drug-likeness (QED) is 0.833. The number of aromatic nitrogens is 5. The van der Waals surface area contributed by atoms with E-state index >= 15 is 0 Å². The van der Waals surface area contributed by atoms with Crippen LogP contribution in [0.1, 0.15) is 44.1 Å². The van der Waals surface area contributed by atoms with Gasteiger partial charge in [-0.2, -0.15) is 5.10 Å². The normalized spacial score (nSPS) is 15.2. The summed E-state index contributed by atoms with van der Waals surface area (Å²) in [5.74, 6) is 0.894. The van der Waals surface area contributed by atoms with Crippen LogP contribution < -0.4 is 5.32 Å². The van der Waals surface area contributed by atoms with Gasteiger partial charge < -0.3 is 5.32 Å². The van der Waals surface area contributed by atoms with Crippen LogP contribution in [0.5, 0.6) is 0 Å². The Kier molecular flexibility index (Phi) is 3.82. The molecule has 0 unspecified atom stereocenters. The van der Waals surface area contributed by atoms with Crippen LogP contribution in [-0.4, -0.2) is 31.3 Å². The van der Waals surface area contributed by atoms with Gasteiger partial charge in [0.05, 0.1) is 24.1 Å². The molecule has 0 spiro atoms. The van der Waals surface area contributed by atoms with Crippen molar-refractivity contribution in [2.24, 2.45) is 5.92 Å². The molecule has 0 amide bonds. The molecule has 0 radical (unpaired) electrons. The largest absolute Gasteiger partial charge is 0.311 e. The average molecular weight is 274 g/mol. The van der Waals surface area contributed by atoms with Crippen molar-refractivity contribution in [2.75, 3.05) is 6.54 Å². The minimum atomic E-state index is 0.390. The van der Waals surface area contributed by atoms with Crippen LogP contribution in [0.3, 0.4) is 0 Å². The van der Waals surface area contributed by atoms with Crippen LogP contribution in [0.25, 0.3) is 0 Å². The van der Waals surface area contributed by atoms with Crippen molar-refractivity contribution in [3.8, 4) is 0 Å². The van der Waals surface area contributed by atoms with E-state index in [1.165, 1.54) is 12.8 Å². The first-order chi connectivity index (χ1) is 9.70. The third kappa shape index (κ3) is 3.45. The number of nitrogens with one attached hydrogen (secondary N) is 1. The monoisotopic (exact) mass is 274 g/mol. The summed E-state index contributed by atoms with van der Waals surface area (Å²) in [7, 11) is 0. The van der Waals surface area contributed by atoms with Crippen molar-refractivity contribution in [3.05, 3.63) is 29.8 Å². The Hall–Kier alpha value is -1.69. The van der Waals surface area contributed by atoms with Crippen molar-refractivity contribution in [1.29, 1.82) is 0 Å². The number of hydrogen-bond acceptors (Lipinski definition) is 4. The molecule has 1 aliphatic carbocycles. The highest BCUT2D eigenvalue weighted by atomic mass is 15.4. The van der Waals surface area contributed by atoms with E-state index in [9.17, 15) is 0 Å². The number of rotatable bonds is 7. The van der Waals surface area contributed by atoms with Gasteiger partial charge in [-0.3, -0.25) is 4.68 Å². The minimum absolute atomic E-state index is 0.390. The fraction of sp³-hybridized carbons (Fsp3) is 0.643. The molecular weight excluding hydrogens is 252 g/mol. The molecule has 108 valence electrons. The van der Waals surface area contributed by atoms with Crippen LogP contribution in [0.4, 0.5) is 0 Å². The third-order valence-corrected chi connectivity index (χ3v) is 3.54. The van der Waals surface area contributed by atoms with Gasteiger partial charge in [-0.15, -0.1) is 5.10 Å². The van der Waals surface area contributed by atoms with E-state index in [4.69, 9.17) is 0 Å². The van der Waals surface area contributed by atoms with Gasteiger partial charge in [-0.1, -0.05) is 5.21 Å². The van der Waals surface area contributed by atoms with Crippen LogP contribution in [0.2, 0.25) is 0 Å². The first-order valence-corrected chi connectivity index (χ1v) is 7.34. The fourth-order valence-corrected chi connectivity index (χ4v) is 2.14. The van der Waals surface area contributed by atoms with Gasteiger partial charge in [0, 0.05) is 18.8 Å². The first kappa shape index (κ1) is 13.3. The maximum absolute atomic E-state index is 4.52. The summed E-state index contributed by atoms with van der Waals surface area (Å²) in [4.78, 5) is 0. The molecule has 0 aliphatic heterocycles. The van der Waals surface area contributed by atoms with Crippen LogP contribution >= 0.6 is 0 Å². The molecule has 0 atom stereocenters. The number of hydrogen-bond donors (Lipinski definition) is 1. The van der Waals surface area contributed by atoms with E-state index in [0.717, 1.165) is 30.4 Å². The smallest absolute Gasteiger partial charge is 0.0964 e.